The summed E-state index contributed by atoms with van der Waals surface area (Å²) in [7, 11) is 0. The molecule has 0 aliphatic carbocycles. The third-order valence-corrected chi connectivity index (χ3v) is 6.09. The molecular formula is C22H27N5O3S. The molecular weight excluding hydrogens is 414 g/mol. The van der Waals surface area contributed by atoms with E-state index < -0.39 is 0 Å². The van der Waals surface area contributed by atoms with Gasteiger partial charge in [-0.2, -0.15) is 0 Å². The predicted molar refractivity (Wildman–Crippen MR) is 120 cm³/mol. The largest absolute Gasteiger partial charge is 0.379 e. The molecule has 0 unspecified atom stereocenters. The first kappa shape index (κ1) is 21.5. The van der Waals surface area contributed by atoms with Gasteiger partial charge in [-0.05, 0) is 13.3 Å². The molecule has 9 heteroatoms. The Kier molecular flexibility index (Phi) is 6.64. The minimum Gasteiger partial charge on any atom is -0.379 e. The van der Waals surface area contributed by atoms with Crippen molar-refractivity contribution in [2.45, 2.75) is 33.2 Å². The molecule has 4 rings (SSSR count). The zero-order valence-electron chi connectivity index (χ0n) is 17.8. The molecule has 1 aromatic carbocycles. The molecule has 0 atom stereocenters. The molecule has 1 saturated heterocycles. The van der Waals surface area contributed by atoms with E-state index in [1.807, 2.05) is 18.2 Å². The molecule has 0 radical (unpaired) electrons. The smallest absolute Gasteiger partial charge is 0.287 e. The molecule has 2 N–H and O–H groups in total. The molecule has 3 heterocycles. The monoisotopic (exact) mass is 441 g/mol. The van der Waals surface area contributed by atoms with E-state index >= 15 is 0 Å². The van der Waals surface area contributed by atoms with Gasteiger partial charge in [0.05, 0.1) is 24.6 Å². The maximum absolute atomic E-state index is 12.9. The van der Waals surface area contributed by atoms with Crippen LogP contribution in [-0.2, 0) is 16.1 Å². The van der Waals surface area contributed by atoms with Crippen LogP contribution < -0.4 is 10.9 Å². The summed E-state index contributed by atoms with van der Waals surface area (Å²) in [6.07, 6.45) is 1.08. The van der Waals surface area contributed by atoms with Crippen LogP contribution in [0.5, 0.6) is 0 Å². The van der Waals surface area contributed by atoms with Crippen LogP contribution in [0.25, 0.3) is 16.2 Å². The molecule has 3 aromatic rings. The van der Waals surface area contributed by atoms with Gasteiger partial charge < -0.3 is 4.74 Å². The molecule has 0 spiro atoms. The Bertz CT molecular complexity index is 1070. The number of imidazole rings is 1. The average molecular weight is 442 g/mol. The van der Waals surface area contributed by atoms with Crippen molar-refractivity contribution >= 4 is 28.1 Å². The van der Waals surface area contributed by atoms with Gasteiger partial charge >= 0.3 is 0 Å². The van der Waals surface area contributed by atoms with Crippen molar-refractivity contribution in [3.05, 3.63) is 46.6 Å². The number of rotatable bonds is 6. The van der Waals surface area contributed by atoms with Crippen molar-refractivity contribution in [1.29, 1.82) is 0 Å². The normalized spacial score (nSPS) is 14.6. The highest BCUT2D eigenvalue weighted by molar-refractivity contribution is 7.15. The fourth-order valence-electron chi connectivity index (χ4n) is 3.63. The van der Waals surface area contributed by atoms with E-state index in [0.29, 0.717) is 38.3 Å². The van der Waals surface area contributed by atoms with Gasteiger partial charge in [0.2, 0.25) is 5.91 Å². The first-order chi connectivity index (χ1) is 15.1. The maximum atomic E-state index is 12.9. The third kappa shape index (κ3) is 4.79. The van der Waals surface area contributed by atoms with Crippen LogP contribution in [0.15, 0.2) is 29.6 Å². The molecule has 164 valence electrons. The Labute approximate surface area is 185 Å². The summed E-state index contributed by atoms with van der Waals surface area (Å²) in [6, 6.07) is 8.24. The van der Waals surface area contributed by atoms with Gasteiger partial charge in [0.25, 0.3) is 5.91 Å². The highest BCUT2D eigenvalue weighted by Crippen LogP contribution is 2.31. The Morgan fingerprint density at radius 2 is 1.90 bits per heavy atom. The molecule has 31 heavy (non-hydrogen) atoms. The molecule has 2 amide bonds. The van der Waals surface area contributed by atoms with Gasteiger partial charge in [0.1, 0.15) is 5.69 Å². The number of thiazole rings is 1. The number of fused-ring (bicyclic) bond motifs is 1. The lowest BCUT2D eigenvalue weighted by Gasteiger charge is -2.26. The average Bonchev–Trinajstić information content (AvgIpc) is 3.33. The Balaban J connectivity index is 1.70. The number of benzene rings is 1. The van der Waals surface area contributed by atoms with Gasteiger partial charge in [-0.1, -0.05) is 36.8 Å². The third-order valence-electron chi connectivity index (χ3n) is 5.26. The summed E-state index contributed by atoms with van der Waals surface area (Å²) < 4.78 is 7.37. The summed E-state index contributed by atoms with van der Waals surface area (Å²) in [5.74, 6) is -0.570. The SMILES string of the molecule is CCCC(=O)NNC(=O)c1csc2nc(CN3CCOCC3)c(-c3ccc(C)cc3)n12. The number of morpholine rings is 1. The number of hydrogen-bond acceptors (Lipinski definition) is 6. The maximum Gasteiger partial charge on any atom is 0.287 e. The lowest BCUT2D eigenvalue weighted by molar-refractivity contribution is -0.121. The van der Waals surface area contributed by atoms with Crippen molar-refractivity contribution in [3.8, 4) is 11.3 Å². The molecule has 0 bridgehead atoms. The first-order valence-electron chi connectivity index (χ1n) is 10.5. The molecule has 8 nitrogen and oxygen atoms in total. The molecule has 0 saturated carbocycles. The quantitative estimate of drug-likeness (QED) is 0.575. The second kappa shape index (κ2) is 9.59. The summed E-state index contributed by atoms with van der Waals surface area (Å²) in [5, 5.41) is 1.78. The van der Waals surface area contributed by atoms with Crippen molar-refractivity contribution in [2.75, 3.05) is 26.3 Å². The van der Waals surface area contributed by atoms with Crippen LogP contribution >= 0.6 is 11.3 Å². The van der Waals surface area contributed by atoms with Crippen molar-refractivity contribution in [1.82, 2.24) is 25.1 Å². The topological polar surface area (TPSA) is 88.0 Å². The van der Waals surface area contributed by atoms with E-state index in [9.17, 15) is 9.59 Å². The van der Waals surface area contributed by atoms with Crippen LogP contribution in [0.3, 0.4) is 0 Å². The van der Waals surface area contributed by atoms with E-state index in [0.717, 1.165) is 35.0 Å². The van der Waals surface area contributed by atoms with Gasteiger partial charge in [-0.25, -0.2) is 4.98 Å². The number of hydrazine groups is 1. The fraction of sp³-hybridized carbons (Fsp3) is 0.409. The number of amides is 2. The summed E-state index contributed by atoms with van der Waals surface area (Å²) >= 11 is 1.42. The number of aryl methyl sites for hydroxylation is 1. The van der Waals surface area contributed by atoms with Gasteiger partial charge in [-0.3, -0.25) is 29.7 Å². The highest BCUT2D eigenvalue weighted by Gasteiger charge is 2.23. The van der Waals surface area contributed by atoms with Gasteiger partial charge in [0.15, 0.2) is 4.96 Å². The first-order valence-corrected chi connectivity index (χ1v) is 11.4. The van der Waals surface area contributed by atoms with Gasteiger partial charge in [-0.15, -0.1) is 11.3 Å². The standard InChI is InChI=1S/C22H27N5O3S/c1-3-4-19(28)24-25-21(29)18-14-31-22-23-17(13-26-9-11-30-12-10-26)20(27(18)22)16-7-5-15(2)6-8-16/h5-8,14H,3-4,9-13H2,1-2H3,(H,24,28)(H,25,29). The Morgan fingerprint density at radius 3 is 2.61 bits per heavy atom. The van der Waals surface area contributed by atoms with Crippen LogP contribution in [0.2, 0.25) is 0 Å². The summed E-state index contributed by atoms with van der Waals surface area (Å²) in [5.41, 5.74) is 9.48. The highest BCUT2D eigenvalue weighted by atomic mass is 32.1. The molecule has 2 aromatic heterocycles. The van der Waals surface area contributed by atoms with Crippen LogP contribution in [0.4, 0.5) is 0 Å². The number of nitrogens with one attached hydrogen (secondary N) is 2. The number of ether oxygens (including phenoxy) is 1. The second-order valence-corrected chi connectivity index (χ2v) is 8.49. The van der Waals surface area contributed by atoms with Crippen LogP contribution in [0, 0.1) is 6.92 Å². The van der Waals surface area contributed by atoms with Crippen molar-refractivity contribution < 1.29 is 14.3 Å². The van der Waals surface area contributed by atoms with Gasteiger partial charge in [0, 0.05) is 37.0 Å². The Hall–Kier alpha value is -2.75. The minimum absolute atomic E-state index is 0.209. The number of carbonyl (C=O) groups is 2. The van der Waals surface area contributed by atoms with Crippen LogP contribution in [-0.4, -0.2) is 52.4 Å². The minimum atomic E-state index is -0.362. The zero-order chi connectivity index (χ0) is 21.8. The lowest BCUT2D eigenvalue weighted by Crippen LogP contribution is -2.41. The van der Waals surface area contributed by atoms with E-state index in [1.165, 1.54) is 16.9 Å². The molecule has 1 fully saturated rings. The summed E-state index contributed by atoms with van der Waals surface area (Å²) in [4.78, 5) is 32.6. The molecule has 1 aliphatic rings. The second-order valence-electron chi connectivity index (χ2n) is 7.65. The Morgan fingerprint density at radius 1 is 1.16 bits per heavy atom. The number of carbonyl (C=O) groups excluding carboxylic acids is 2. The van der Waals surface area contributed by atoms with Crippen LogP contribution in [0.1, 0.15) is 41.5 Å². The summed E-state index contributed by atoms with van der Waals surface area (Å²) in [6.45, 7) is 7.80. The zero-order valence-corrected chi connectivity index (χ0v) is 18.6. The lowest BCUT2D eigenvalue weighted by atomic mass is 10.1. The van der Waals surface area contributed by atoms with Crippen molar-refractivity contribution in [3.63, 3.8) is 0 Å². The van der Waals surface area contributed by atoms with E-state index in [-0.39, 0.29) is 11.8 Å². The van der Waals surface area contributed by atoms with E-state index in [2.05, 4.69) is 40.0 Å². The number of nitrogens with zero attached hydrogens (tertiary/aromatic N) is 3. The number of hydrogen-bond donors (Lipinski definition) is 2. The van der Waals surface area contributed by atoms with E-state index in [4.69, 9.17) is 9.72 Å². The molecule has 1 aliphatic heterocycles. The predicted octanol–water partition coefficient (Wildman–Crippen LogP) is 2.76. The van der Waals surface area contributed by atoms with E-state index in [1.54, 1.807) is 5.38 Å². The number of aromatic nitrogens is 2. The van der Waals surface area contributed by atoms with Crippen molar-refractivity contribution in [2.24, 2.45) is 0 Å². The fourth-order valence-corrected chi connectivity index (χ4v) is 4.52.